The fourth-order valence-electron chi connectivity index (χ4n) is 1.75. The molecule has 19 heavy (non-hydrogen) atoms. The number of likely N-dealkylation sites (N-methyl/N-ethyl adjacent to an activating group) is 1. The predicted molar refractivity (Wildman–Crippen MR) is 78.8 cm³/mol. The Morgan fingerprint density at radius 3 is 2.84 bits per heavy atom. The molecule has 6 heteroatoms. The van der Waals surface area contributed by atoms with E-state index in [1.165, 1.54) is 28.5 Å². The molecular formula is C13H20N2O2S2. The average Bonchev–Trinajstić information content (AvgIpc) is 3.02. The van der Waals surface area contributed by atoms with Crippen LogP contribution in [0.5, 0.6) is 0 Å². The second kappa shape index (κ2) is 5.75. The monoisotopic (exact) mass is 300 g/mol. The summed E-state index contributed by atoms with van der Waals surface area (Å²) in [6.07, 6.45) is 2.47. The van der Waals surface area contributed by atoms with Crippen LogP contribution in [-0.2, 0) is 16.6 Å². The van der Waals surface area contributed by atoms with Gasteiger partial charge in [0.2, 0.25) is 0 Å². The molecule has 2 rings (SSSR count). The second-order valence-electron chi connectivity index (χ2n) is 5.15. The minimum Gasteiger partial charge on any atom is -0.310 e. The lowest BCUT2D eigenvalue weighted by molar-refractivity contribution is 0.495. The normalized spacial score (nSPS) is 15.9. The fourth-order valence-corrected chi connectivity index (χ4v) is 4.40. The van der Waals surface area contributed by atoms with E-state index in [1.807, 2.05) is 12.3 Å². The van der Waals surface area contributed by atoms with Crippen molar-refractivity contribution in [2.75, 3.05) is 13.6 Å². The highest BCUT2D eigenvalue weighted by atomic mass is 32.2. The molecule has 1 N–H and O–H groups in total. The Morgan fingerprint density at radius 1 is 1.58 bits per heavy atom. The average molecular weight is 300 g/mol. The smallest absolute Gasteiger partial charge is 0.252 e. The predicted octanol–water partition coefficient (Wildman–Crippen LogP) is 2.20. The molecule has 0 atom stereocenters. The Morgan fingerprint density at radius 2 is 2.26 bits per heavy atom. The zero-order chi connectivity index (χ0) is 14.0. The van der Waals surface area contributed by atoms with E-state index in [1.54, 1.807) is 13.1 Å². The van der Waals surface area contributed by atoms with Crippen molar-refractivity contribution in [2.24, 2.45) is 0 Å². The van der Waals surface area contributed by atoms with E-state index in [4.69, 9.17) is 0 Å². The lowest BCUT2D eigenvalue weighted by Gasteiger charge is -2.15. The van der Waals surface area contributed by atoms with Gasteiger partial charge in [0.15, 0.2) is 0 Å². The molecule has 1 aromatic heterocycles. The largest absolute Gasteiger partial charge is 0.310 e. The van der Waals surface area contributed by atoms with Crippen LogP contribution in [0.3, 0.4) is 0 Å². The minimum atomic E-state index is -3.37. The number of hydrogen-bond donors (Lipinski definition) is 1. The van der Waals surface area contributed by atoms with E-state index >= 15 is 0 Å². The van der Waals surface area contributed by atoms with Gasteiger partial charge in [-0.25, -0.2) is 8.42 Å². The van der Waals surface area contributed by atoms with Gasteiger partial charge in [0.05, 0.1) is 0 Å². The second-order valence-corrected chi connectivity index (χ2v) is 8.33. The molecule has 0 aromatic carbocycles. The Bertz CT molecular complexity index is 559. The molecule has 0 bridgehead atoms. The summed E-state index contributed by atoms with van der Waals surface area (Å²) in [5.41, 5.74) is 1.87. The van der Waals surface area contributed by atoms with E-state index in [9.17, 15) is 8.42 Å². The van der Waals surface area contributed by atoms with Gasteiger partial charge in [0.25, 0.3) is 10.0 Å². The quantitative estimate of drug-likeness (QED) is 0.785. The van der Waals surface area contributed by atoms with E-state index in [2.05, 4.69) is 11.9 Å². The topological polar surface area (TPSA) is 49.4 Å². The van der Waals surface area contributed by atoms with Crippen molar-refractivity contribution in [3.05, 3.63) is 29.2 Å². The molecule has 0 unspecified atom stereocenters. The van der Waals surface area contributed by atoms with Gasteiger partial charge in [-0.2, -0.15) is 4.31 Å². The van der Waals surface area contributed by atoms with Gasteiger partial charge in [-0.15, -0.1) is 11.3 Å². The van der Waals surface area contributed by atoms with Crippen molar-refractivity contribution < 1.29 is 8.42 Å². The number of sulfonamides is 1. The van der Waals surface area contributed by atoms with Gasteiger partial charge >= 0.3 is 0 Å². The van der Waals surface area contributed by atoms with Crippen LogP contribution in [0.1, 0.15) is 25.3 Å². The number of nitrogens with zero attached hydrogens (tertiary/aromatic N) is 1. The molecule has 0 amide bonds. The molecule has 1 saturated carbocycles. The molecule has 1 fully saturated rings. The lowest BCUT2D eigenvalue weighted by atomic mass is 10.3. The first-order valence-corrected chi connectivity index (χ1v) is 8.63. The van der Waals surface area contributed by atoms with Crippen LogP contribution in [-0.4, -0.2) is 32.4 Å². The molecule has 1 aliphatic carbocycles. The summed E-state index contributed by atoms with van der Waals surface area (Å²) in [7, 11) is -1.78. The standard InChI is InChI=1S/C13H20N2O2S2/c1-10(2)8-15(3)19(16,17)13-6-11(9-18-13)7-14-12-4-5-12/h6,9,12,14H,1,4-5,7-8H2,2-3H3. The van der Waals surface area contributed by atoms with E-state index in [-0.39, 0.29) is 0 Å². The van der Waals surface area contributed by atoms with Gasteiger partial charge in [-0.1, -0.05) is 12.2 Å². The highest BCUT2D eigenvalue weighted by Gasteiger charge is 2.24. The maximum atomic E-state index is 12.3. The summed E-state index contributed by atoms with van der Waals surface area (Å²) >= 11 is 1.28. The SMILES string of the molecule is C=C(C)CN(C)S(=O)(=O)c1cc(CNC2CC2)cs1. The summed E-state index contributed by atoms with van der Waals surface area (Å²) in [5, 5.41) is 5.30. The van der Waals surface area contributed by atoms with Crippen LogP contribution in [0.2, 0.25) is 0 Å². The van der Waals surface area contributed by atoms with Crippen LogP contribution < -0.4 is 5.32 Å². The fraction of sp³-hybridized carbons (Fsp3) is 0.538. The highest BCUT2D eigenvalue weighted by Crippen LogP contribution is 2.25. The lowest BCUT2D eigenvalue weighted by Crippen LogP contribution is -2.27. The molecule has 4 nitrogen and oxygen atoms in total. The van der Waals surface area contributed by atoms with Crippen LogP contribution in [0, 0.1) is 0 Å². The summed E-state index contributed by atoms with van der Waals surface area (Å²) < 4.78 is 26.4. The summed E-state index contributed by atoms with van der Waals surface area (Å²) in [5.74, 6) is 0. The molecule has 0 spiro atoms. The molecule has 1 aromatic rings. The summed E-state index contributed by atoms with van der Waals surface area (Å²) in [6.45, 7) is 6.68. The Hall–Kier alpha value is -0.690. The van der Waals surface area contributed by atoms with Gasteiger partial charge in [0, 0.05) is 26.2 Å². The van der Waals surface area contributed by atoms with Crippen LogP contribution in [0.15, 0.2) is 27.8 Å². The zero-order valence-corrected chi connectivity index (χ0v) is 13.0. The van der Waals surface area contributed by atoms with Crippen molar-refractivity contribution in [1.29, 1.82) is 0 Å². The molecule has 0 aliphatic heterocycles. The number of rotatable bonds is 7. The molecule has 106 valence electrons. The van der Waals surface area contributed by atoms with Crippen molar-refractivity contribution >= 4 is 21.4 Å². The summed E-state index contributed by atoms with van der Waals surface area (Å²) in [4.78, 5) is 0. The highest BCUT2D eigenvalue weighted by molar-refractivity contribution is 7.91. The van der Waals surface area contributed by atoms with Gasteiger partial charge in [-0.3, -0.25) is 0 Å². The number of hydrogen-bond acceptors (Lipinski definition) is 4. The Kier molecular flexibility index (Phi) is 4.45. The maximum absolute atomic E-state index is 12.3. The molecule has 0 saturated heterocycles. The molecular weight excluding hydrogens is 280 g/mol. The first-order valence-electron chi connectivity index (χ1n) is 6.31. The zero-order valence-electron chi connectivity index (χ0n) is 11.3. The molecule has 0 radical (unpaired) electrons. The minimum absolute atomic E-state index is 0.357. The Balaban J connectivity index is 2.04. The molecule has 1 aliphatic rings. The van der Waals surface area contributed by atoms with Crippen molar-refractivity contribution in [1.82, 2.24) is 9.62 Å². The number of nitrogens with one attached hydrogen (secondary N) is 1. The van der Waals surface area contributed by atoms with Crippen molar-refractivity contribution in [3.63, 3.8) is 0 Å². The van der Waals surface area contributed by atoms with Gasteiger partial charge in [-0.05, 0) is 36.8 Å². The Labute approximate surface area is 119 Å². The summed E-state index contributed by atoms with van der Waals surface area (Å²) in [6, 6.07) is 2.40. The molecule has 1 heterocycles. The third-order valence-corrected chi connectivity index (χ3v) is 6.23. The van der Waals surface area contributed by atoms with Crippen LogP contribution in [0.25, 0.3) is 0 Å². The van der Waals surface area contributed by atoms with Gasteiger partial charge < -0.3 is 5.32 Å². The van der Waals surface area contributed by atoms with Crippen LogP contribution >= 0.6 is 11.3 Å². The van der Waals surface area contributed by atoms with E-state index in [0.29, 0.717) is 16.8 Å². The van der Waals surface area contributed by atoms with E-state index < -0.39 is 10.0 Å². The third-order valence-electron chi connectivity index (χ3n) is 2.96. The van der Waals surface area contributed by atoms with Crippen molar-refractivity contribution in [2.45, 2.75) is 36.6 Å². The third kappa shape index (κ3) is 3.89. The first kappa shape index (κ1) is 14.7. The van der Waals surface area contributed by atoms with Crippen molar-refractivity contribution in [3.8, 4) is 0 Å². The van der Waals surface area contributed by atoms with Gasteiger partial charge in [0.1, 0.15) is 4.21 Å². The maximum Gasteiger partial charge on any atom is 0.252 e. The first-order chi connectivity index (χ1) is 8.89. The van der Waals surface area contributed by atoms with E-state index in [0.717, 1.165) is 17.7 Å². The van der Waals surface area contributed by atoms with Crippen LogP contribution in [0.4, 0.5) is 0 Å². The number of thiophene rings is 1.